The number of anilines is 1. The molecule has 0 aliphatic carbocycles. The van der Waals surface area contributed by atoms with Gasteiger partial charge in [-0.3, -0.25) is 0 Å². The average molecular weight is 237 g/mol. The van der Waals surface area contributed by atoms with E-state index in [-0.39, 0.29) is 0 Å². The largest absolute Gasteiger partial charge is 0.445 e. The Hall–Kier alpha value is -1.48. The lowest BCUT2D eigenvalue weighted by Gasteiger charge is -2.01. The van der Waals surface area contributed by atoms with Crippen molar-refractivity contribution < 1.29 is 4.42 Å². The number of rotatable bonds is 2. The van der Waals surface area contributed by atoms with Crippen LogP contribution in [-0.4, -0.2) is 4.98 Å². The van der Waals surface area contributed by atoms with Crippen molar-refractivity contribution in [2.75, 3.05) is 5.73 Å². The Balaban J connectivity index is 2.49. The molecule has 2 N–H and O–H groups in total. The van der Waals surface area contributed by atoms with Crippen LogP contribution in [0.15, 0.2) is 22.6 Å². The number of hydrogen-bond donors (Lipinski definition) is 1. The van der Waals surface area contributed by atoms with Crippen molar-refractivity contribution in [3.8, 4) is 11.3 Å². The highest BCUT2D eigenvalue weighted by Crippen LogP contribution is 2.28. The summed E-state index contributed by atoms with van der Waals surface area (Å²) < 4.78 is 5.50. The quantitative estimate of drug-likeness (QED) is 0.813. The normalized spacial score (nSPS) is 10.7. The third-order valence-corrected chi connectivity index (χ3v) is 2.76. The number of aryl methyl sites for hydroxylation is 2. The van der Waals surface area contributed by atoms with Crippen LogP contribution in [0.25, 0.3) is 11.3 Å². The first kappa shape index (κ1) is 11.0. The highest BCUT2D eigenvalue weighted by atomic mass is 35.5. The summed E-state index contributed by atoms with van der Waals surface area (Å²) in [7, 11) is 0. The van der Waals surface area contributed by atoms with E-state index in [1.54, 1.807) is 6.07 Å². The Labute approximate surface area is 99.2 Å². The zero-order valence-electron chi connectivity index (χ0n) is 9.25. The molecule has 0 unspecified atom stereocenters. The molecular weight excluding hydrogens is 224 g/mol. The van der Waals surface area contributed by atoms with Gasteiger partial charge in [-0.25, -0.2) is 4.98 Å². The fraction of sp³-hybridized carbons (Fsp3) is 0.250. The van der Waals surface area contributed by atoms with Gasteiger partial charge in [0.05, 0.1) is 10.7 Å². The smallest absolute Gasteiger partial charge is 0.194 e. The molecule has 84 valence electrons. The second-order valence-electron chi connectivity index (χ2n) is 3.60. The van der Waals surface area contributed by atoms with Crippen LogP contribution >= 0.6 is 11.6 Å². The number of nitrogens with zero attached hydrogens (tertiary/aromatic N) is 1. The van der Waals surface area contributed by atoms with Crippen molar-refractivity contribution in [2.24, 2.45) is 0 Å². The van der Waals surface area contributed by atoms with E-state index in [1.165, 1.54) is 0 Å². The second kappa shape index (κ2) is 4.18. The second-order valence-corrected chi connectivity index (χ2v) is 4.01. The van der Waals surface area contributed by atoms with Gasteiger partial charge in [0.15, 0.2) is 5.89 Å². The number of nitrogens with two attached hydrogens (primary N) is 1. The molecule has 4 heteroatoms. The van der Waals surface area contributed by atoms with Crippen molar-refractivity contribution in [1.82, 2.24) is 4.98 Å². The summed E-state index contributed by atoms with van der Waals surface area (Å²) in [6, 6.07) is 5.47. The van der Waals surface area contributed by atoms with Gasteiger partial charge in [-0.05, 0) is 19.1 Å². The molecule has 1 heterocycles. The van der Waals surface area contributed by atoms with E-state index < -0.39 is 0 Å². The fourth-order valence-corrected chi connectivity index (χ4v) is 1.68. The minimum atomic E-state index is 0.555. The summed E-state index contributed by atoms with van der Waals surface area (Å²) >= 11 is 5.87. The molecular formula is C12H13ClN2O. The van der Waals surface area contributed by atoms with E-state index in [4.69, 9.17) is 21.8 Å². The van der Waals surface area contributed by atoms with Crippen molar-refractivity contribution in [1.29, 1.82) is 0 Å². The van der Waals surface area contributed by atoms with Crippen LogP contribution in [0, 0.1) is 6.92 Å². The third kappa shape index (κ3) is 1.91. The summed E-state index contributed by atoms with van der Waals surface area (Å²) in [5.74, 6) is 1.54. The minimum absolute atomic E-state index is 0.555. The summed E-state index contributed by atoms with van der Waals surface area (Å²) in [4.78, 5) is 4.40. The van der Waals surface area contributed by atoms with Crippen molar-refractivity contribution in [2.45, 2.75) is 20.3 Å². The molecule has 3 nitrogen and oxygen atoms in total. The highest BCUT2D eigenvalue weighted by Gasteiger charge is 2.11. The molecule has 2 aromatic rings. The van der Waals surface area contributed by atoms with Crippen molar-refractivity contribution in [3.05, 3.63) is 34.9 Å². The first-order chi connectivity index (χ1) is 7.61. The Morgan fingerprint density at radius 1 is 1.44 bits per heavy atom. The fourth-order valence-electron chi connectivity index (χ4n) is 1.56. The molecule has 0 aliphatic rings. The highest BCUT2D eigenvalue weighted by molar-refractivity contribution is 6.33. The molecule has 0 saturated carbocycles. The molecule has 16 heavy (non-hydrogen) atoms. The van der Waals surface area contributed by atoms with Gasteiger partial charge in [0, 0.05) is 12.0 Å². The lowest BCUT2D eigenvalue weighted by molar-refractivity contribution is 0.477. The van der Waals surface area contributed by atoms with Gasteiger partial charge in [-0.1, -0.05) is 24.6 Å². The van der Waals surface area contributed by atoms with Crippen LogP contribution in [0.2, 0.25) is 5.02 Å². The molecule has 1 aromatic heterocycles. The maximum absolute atomic E-state index is 5.87. The molecule has 0 saturated heterocycles. The molecule has 0 bridgehead atoms. The topological polar surface area (TPSA) is 52.0 Å². The number of aromatic nitrogens is 1. The van der Waals surface area contributed by atoms with Gasteiger partial charge < -0.3 is 10.2 Å². The summed E-state index contributed by atoms with van der Waals surface area (Å²) in [5.41, 5.74) is 8.08. The Bertz CT molecular complexity index is 520. The maximum atomic E-state index is 5.87. The van der Waals surface area contributed by atoms with Crippen LogP contribution in [-0.2, 0) is 6.42 Å². The molecule has 0 fully saturated rings. The maximum Gasteiger partial charge on any atom is 0.194 e. The molecule has 0 radical (unpaired) electrons. The lowest BCUT2D eigenvalue weighted by atomic mass is 10.1. The molecule has 0 spiro atoms. The van der Waals surface area contributed by atoms with Gasteiger partial charge in [0.2, 0.25) is 0 Å². The van der Waals surface area contributed by atoms with Crippen LogP contribution in [0.3, 0.4) is 0 Å². The predicted octanol–water partition coefficient (Wildman–Crippen LogP) is 3.45. The van der Waals surface area contributed by atoms with Gasteiger partial charge >= 0.3 is 0 Å². The van der Waals surface area contributed by atoms with E-state index in [2.05, 4.69) is 4.98 Å². The number of benzene rings is 1. The Morgan fingerprint density at radius 3 is 2.75 bits per heavy atom. The first-order valence-corrected chi connectivity index (χ1v) is 5.51. The van der Waals surface area contributed by atoms with Crippen molar-refractivity contribution in [3.63, 3.8) is 0 Å². The predicted molar refractivity (Wildman–Crippen MR) is 65.5 cm³/mol. The van der Waals surface area contributed by atoms with E-state index in [1.807, 2.05) is 26.0 Å². The van der Waals surface area contributed by atoms with Crippen LogP contribution in [0.5, 0.6) is 0 Å². The van der Waals surface area contributed by atoms with Gasteiger partial charge in [-0.15, -0.1) is 0 Å². The zero-order chi connectivity index (χ0) is 11.7. The molecule has 2 rings (SSSR count). The molecule has 1 aromatic carbocycles. The van der Waals surface area contributed by atoms with Crippen LogP contribution < -0.4 is 5.73 Å². The van der Waals surface area contributed by atoms with E-state index in [9.17, 15) is 0 Å². The summed E-state index contributed by atoms with van der Waals surface area (Å²) in [6.07, 6.45) is 0.782. The molecule has 0 amide bonds. The Morgan fingerprint density at radius 2 is 2.19 bits per heavy atom. The number of halogens is 1. The van der Waals surface area contributed by atoms with E-state index in [0.29, 0.717) is 10.7 Å². The standard InChI is InChI=1S/C12H13ClN2O/c1-3-11-15-12(7(2)16-11)8-4-5-9(13)10(14)6-8/h4-6H,3,14H2,1-2H3. The number of hydrogen-bond acceptors (Lipinski definition) is 3. The van der Waals surface area contributed by atoms with Crippen LogP contribution in [0.4, 0.5) is 5.69 Å². The SMILES string of the molecule is CCc1nc(-c2ccc(Cl)c(N)c2)c(C)o1. The number of oxazole rings is 1. The first-order valence-electron chi connectivity index (χ1n) is 5.13. The molecule has 0 atom stereocenters. The Kier molecular flexibility index (Phi) is 2.88. The summed E-state index contributed by atoms with van der Waals surface area (Å²) in [6.45, 7) is 3.90. The van der Waals surface area contributed by atoms with E-state index >= 15 is 0 Å². The average Bonchev–Trinajstić information content (AvgIpc) is 2.64. The zero-order valence-corrected chi connectivity index (χ0v) is 10.0. The van der Waals surface area contributed by atoms with Gasteiger partial charge in [0.25, 0.3) is 0 Å². The lowest BCUT2D eigenvalue weighted by Crippen LogP contribution is -1.88. The minimum Gasteiger partial charge on any atom is -0.445 e. The molecule has 0 aliphatic heterocycles. The summed E-state index contributed by atoms with van der Waals surface area (Å²) in [5, 5.41) is 0.556. The van der Waals surface area contributed by atoms with E-state index in [0.717, 1.165) is 29.3 Å². The number of nitrogen functional groups attached to an aromatic ring is 1. The third-order valence-electron chi connectivity index (χ3n) is 2.41. The van der Waals surface area contributed by atoms with Crippen molar-refractivity contribution >= 4 is 17.3 Å². The van der Waals surface area contributed by atoms with Gasteiger partial charge in [-0.2, -0.15) is 0 Å². The van der Waals surface area contributed by atoms with Crippen LogP contribution in [0.1, 0.15) is 18.6 Å². The van der Waals surface area contributed by atoms with Gasteiger partial charge in [0.1, 0.15) is 11.5 Å². The monoisotopic (exact) mass is 236 g/mol.